The number of hydrogen-bond acceptors (Lipinski definition) is 6. The van der Waals surface area contributed by atoms with Crippen LogP contribution in [-0.4, -0.2) is 23.6 Å². The summed E-state index contributed by atoms with van der Waals surface area (Å²) in [5.74, 6) is 1.73. The molecule has 1 aromatic heterocycles. The molecule has 0 spiro atoms. The summed E-state index contributed by atoms with van der Waals surface area (Å²) in [6.45, 7) is 0.155. The number of benzene rings is 3. The number of carbonyl (C=O) groups is 2. The first kappa shape index (κ1) is 21.3. The number of hydrogen-bond donors (Lipinski definition) is 2. The van der Waals surface area contributed by atoms with E-state index >= 15 is 0 Å². The monoisotopic (exact) mass is 455 g/mol. The number of nitrogens with one attached hydrogen (secondary N) is 2. The van der Waals surface area contributed by atoms with Gasteiger partial charge in [-0.2, -0.15) is 0 Å². The van der Waals surface area contributed by atoms with Crippen LogP contribution in [0, 0.1) is 0 Å². The molecular weight excluding hydrogens is 434 g/mol. The van der Waals surface area contributed by atoms with Crippen LogP contribution < -0.4 is 20.1 Å². The lowest BCUT2D eigenvalue weighted by molar-refractivity contribution is -0.116. The summed E-state index contributed by atoms with van der Waals surface area (Å²) in [6, 6.07) is 21.6. The van der Waals surface area contributed by atoms with Gasteiger partial charge in [0.1, 0.15) is 0 Å². The summed E-state index contributed by atoms with van der Waals surface area (Å²) in [6.07, 6.45) is 2.15. The van der Waals surface area contributed by atoms with Crippen molar-refractivity contribution in [1.82, 2.24) is 4.98 Å². The number of fused-ring (bicyclic) bond motifs is 1. The van der Waals surface area contributed by atoms with E-state index < -0.39 is 0 Å². The highest BCUT2D eigenvalue weighted by atomic mass is 16.7. The van der Waals surface area contributed by atoms with Gasteiger partial charge in [-0.05, 0) is 24.3 Å². The number of anilines is 2. The molecule has 8 heteroatoms. The van der Waals surface area contributed by atoms with E-state index in [2.05, 4.69) is 15.6 Å². The normalized spacial score (nSPS) is 11.8. The topological polar surface area (TPSA) is 103 Å². The molecule has 0 radical (unpaired) electrons. The van der Waals surface area contributed by atoms with Crippen molar-refractivity contribution in [2.24, 2.45) is 0 Å². The summed E-state index contributed by atoms with van der Waals surface area (Å²) >= 11 is 0. The number of rotatable bonds is 7. The fraction of sp³-hybridized carbons (Fsp3) is 0.115. The van der Waals surface area contributed by atoms with Crippen molar-refractivity contribution in [3.05, 3.63) is 90.4 Å². The van der Waals surface area contributed by atoms with Crippen LogP contribution in [0.15, 0.2) is 83.4 Å². The molecule has 170 valence electrons. The molecule has 2 N–H and O–H groups in total. The Hall–Kier alpha value is -4.59. The van der Waals surface area contributed by atoms with Gasteiger partial charge in [0, 0.05) is 30.2 Å². The molecular formula is C26H21N3O5. The third-order valence-electron chi connectivity index (χ3n) is 5.25. The molecule has 0 saturated heterocycles. The second-order valence-corrected chi connectivity index (χ2v) is 7.60. The number of aryl methyl sites for hydroxylation is 1. The Labute approximate surface area is 195 Å². The smallest absolute Gasteiger partial charge is 0.257 e. The second kappa shape index (κ2) is 9.50. The minimum Gasteiger partial charge on any atom is -0.454 e. The summed E-state index contributed by atoms with van der Waals surface area (Å²) < 4.78 is 16.4. The van der Waals surface area contributed by atoms with E-state index in [1.807, 2.05) is 30.3 Å². The first-order valence-electron chi connectivity index (χ1n) is 10.8. The van der Waals surface area contributed by atoms with Gasteiger partial charge in [0.25, 0.3) is 5.91 Å². The molecule has 4 aromatic rings. The minimum absolute atomic E-state index is 0.155. The molecule has 2 heterocycles. The summed E-state index contributed by atoms with van der Waals surface area (Å²) in [4.78, 5) is 29.7. The number of aromatic nitrogens is 1. The zero-order chi connectivity index (χ0) is 23.3. The van der Waals surface area contributed by atoms with Crippen LogP contribution in [0.25, 0.3) is 11.3 Å². The van der Waals surface area contributed by atoms with E-state index in [4.69, 9.17) is 13.9 Å². The number of amides is 2. The van der Waals surface area contributed by atoms with Gasteiger partial charge in [0.2, 0.25) is 12.7 Å². The number of nitrogens with zero attached hydrogens (tertiary/aromatic N) is 1. The molecule has 1 aliphatic heterocycles. The molecule has 34 heavy (non-hydrogen) atoms. The van der Waals surface area contributed by atoms with Crippen LogP contribution >= 0.6 is 0 Å². The van der Waals surface area contributed by atoms with E-state index in [1.165, 1.54) is 0 Å². The minimum atomic E-state index is -0.352. The van der Waals surface area contributed by atoms with Gasteiger partial charge in [-0.3, -0.25) is 9.59 Å². The lowest BCUT2D eigenvalue weighted by atomic mass is 10.1. The molecule has 0 bridgehead atoms. The van der Waals surface area contributed by atoms with Crippen molar-refractivity contribution in [3.63, 3.8) is 0 Å². The fourth-order valence-corrected chi connectivity index (χ4v) is 3.56. The molecule has 0 saturated carbocycles. The summed E-state index contributed by atoms with van der Waals surface area (Å²) in [5, 5.41) is 5.64. The number of ether oxygens (including phenoxy) is 2. The van der Waals surface area contributed by atoms with E-state index in [0.29, 0.717) is 46.5 Å². The van der Waals surface area contributed by atoms with Crippen molar-refractivity contribution < 1.29 is 23.5 Å². The molecule has 5 rings (SSSR count). The number of carbonyl (C=O) groups excluding carboxylic acids is 2. The lowest BCUT2D eigenvalue weighted by Crippen LogP contribution is -2.18. The Morgan fingerprint density at radius 1 is 0.882 bits per heavy atom. The van der Waals surface area contributed by atoms with Crippen molar-refractivity contribution in [1.29, 1.82) is 0 Å². The van der Waals surface area contributed by atoms with Crippen molar-refractivity contribution in [2.45, 2.75) is 12.8 Å². The van der Waals surface area contributed by atoms with Gasteiger partial charge in [0.05, 0.1) is 17.4 Å². The van der Waals surface area contributed by atoms with Crippen LogP contribution in [0.3, 0.4) is 0 Å². The lowest BCUT2D eigenvalue weighted by Gasteiger charge is -2.11. The molecule has 0 unspecified atom stereocenters. The summed E-state index contributed by atoms with van der Waals surface area (Å²) in [7, 11) is 0. The molecule has 0 aliphatic carbocycles. The van der Waals surface area contributed by atoms with Gasteiger partial charge in [0.15, 0.2) is 23.1 Å². The molecule has 8 nitrogen and oxygen atoms in total. The Morgan fingerprint density at radius 3 is 2.56 bits per heavy atom. The van der Waals surface area contributed by atoms with Gasteiger partial charge in [-0.15, -0.1) is 0 Å². The Morgan fingerprint density at radius 2 is 1.68 bits per heavy atom. The van der Waals surface area contributed by atoms with Crippen LogP contribution in [0.5, 0.6) is 11.5 Å². The van der Waals surface area contributed by atoms with Gasteiger partial charge in [-0.25, -0.2) is 4.98 Å². The van der Waals surface area contributed by atoms with E-state index in [0.717, 1.165) is 5.56 Å². The van der Waals surface area contributed by atoms with Crippen LogP contribution in [0.2, 0.25) is 0 Å². The Balaban J connectivity index is 1.21. The average Bonchev–Trinajstić information content (AvgIpc) is 3.53. The van der Waals surface area contributed by atoms with E-state index in [1.54, 1.807) is 48.7 Å². The van der Waals surface area contributed by atoms with Crippen molar-refractivity contribution >= 4 is 23.2 Å². The predicted octanol–water partition coefficient (Wildman–Crippen LogP) is 4.89. The maximum atomic E-state index is 12.9. The third-order valence-corrected chi connectivity index (χ3v) is 5.25. The van der Waals surface area contributed by atoms with Gasteiger partial charge in [-0.1, -0.05) is 42.5 Å². The maximum absolute atomic E-state index is 12.9. The van der Waals surface area contributed by atoms with Crippen LogP contribution in [0.4, 0.5) is 11.4 Å². The van der Waals surface area contributed by atoms with E-state index in [-0.39, 0.29) is 25.0 Å². The molecule has 1 aliphatic rings. The standard InChI is InChI=1S/C26H21N3O5/c30-24(12-13-25-27-15-23(34-25)17-6-2-1-3-7-17)29-20-9-5-4-8-19(20)26(31)28-18-10-11-21-22(14-18)33-16-32-21/h1-11,14-15H,12-13,16H2,(H,28,31)(H,29,30). The van der Waals surface area contributed by atoms with Crippen LogP contribution in [0.1, 0.15) is 22.7 Å². The second-order valence-electron chi connectivity index (χ2n) is 7.60. The molecule has 2 amide bonds. The third kappa shape index (κ3) is 4.75. The zero-order valence-corrected chi connectivity index (χ0v) is 18.1. The highest BCUT2D eigenvalue weighted by Crippen LogP contribution is 2.34. The molecule has 0 atom stereocenters. The first-order valence-corrected chi connectivity index (χ1v) is 10.8. The molecule has 3 aromatic carbocycles. The Bertz CT molecular complexity index is 1330. The largest absolute Gasteiger partial charge is 0.454 e. The highest BCUT2D eigenvalue weighted by molar-refractivity contribution is 6.10. The van der Waals surface area contributed by atoms with Gasteiger partial charge < -0.3 is 24.5 Å². The average molecular weight is 455 g/mol. The van der Waals surface area contributed by atoms with Crippen LogP contribution in [-0.2, 0) is 11.2 Å². The highest BCUT2D eigenvalue weighted by Gasteiger charge is 2.17. The number of oxazole rings is 1. The molecule has 0 fully saturated rings. The van der Waals surface area contributed by atoms with Crippen molar-refractivity contribution in [2.75, 3.05) is 17.4 Å². The predicted molar refractivity (Wildman–Crippen MR) is 126 cm³/mol. The maximum Gasteiger partial charge on any atom is 0.257 e. The zero-order valence-electron chi connectivity index (χ0n) is 18.1. The van der Waals surface area contributed by atoms with E-state index in [9.17, 15) is 9.59 Å². The van der Waals surface area contributed by atoms with Gasteiger partial charge >= 0.3 is 0 Å². The summed E-state index contributed by atoms with van der Waals surface area (Å²) in [5.41, 5.74) is 2.25. The fourth-order valence-electron chi connectivity index (χ4n) is 3.56. The number of para-hydroxylation sites is 1. The van der Waals surface area contributed by atoms with Crippen molar-refractivity contribution in [3.8, 4) is 22.8 Å². The SMILES string of the molecule is O=C(CCc1ncc(-c2ccccc2)o1)Nc1ccccc1C(=O)Nc1ccc2c(c1)OCO2. The Kier molecular flexibility index (Phi) is 5.94. The quantitative estimate of drug-likeness (QED) is 0.411. The first-order chi connectivity index (χ1) is 16.7.